The van der Waals surface area contributed by atoms with E-state index in [1.54, 1.807) is 0 Å². The molecule has 3 aromatic carbocycles. The average Bonchev–Trinajstić information content (AvgIpc) is 2.60. The topological polar surface area (TPSA) is 63.2 Å². The molecule has 0 aliphatic rings. The number of hydrogen-bond acceptors (Lipinski definition) is 3. The summed E-state index contributed by atoms with van der Waals surface area (Å²) in [6, 6.07) is 19.8. The van der Waals surface area contributed by atoms with Crippen molar-refractivity contribution in [3.63, 3.8) is 0 Å². The normalized spacial score (nSPS) is 12.7. The number of nitrogens with one attached hydrogen (secondary N) is 1. The van der Waals surface area contributed by atoms with Gasteiger partial charge in [-0.05, 0) is 47.5 Å². The Bertz CT molecular complexity index is 1020. The Morgan fingerprint density at radius 1 is 0.920 bits per heavy atom. The van der Waals surface area contributed by atoms with Crippen molar-refractivity contribution in [3.05, 3.63) is 77.9 Å². The second-order valence-corrected chi connectivity index (χ2v) is 8.08. The maximum Gasteiger partial charge on any atom is 0.251 e. The average molecular weight is 353 g/mol. The van der Waals surface area contributed by atoms with Crippen LogP contribution in [0.4, 0.5) is 0 Å². The number of carbonyl (C=O) groups is 1. The molecule has 3 aromatic rings. The van der Waals surface area contributed by atoms with Crippen LogP contribution in [0.1, 0.15) is 28.9 Å². The molecule has 1 amide bonds. The maximum absolute atomic E-state index is 12.5. The third-order valence-electron chi connectivity index (χ3n) is 4.18. The fourth-order valence-electron chi connectivity index (χ4n) is 2.84. The summed E-state index contributed by atoms with van der Waals surface area (Å²) in [5, 5.41) is 5.20. The van der Waals surface area contributed by atoms with Gasteiger partial charge in [0.25, 0.3) is 5.91 Å². The van der Waals surface area contributed by atoms with Gasteiger partial charge in [0.15, 0.2) is 9.84 Å². The predicted octanol–water partition coefficient (Wildman–Crippen LogP) is 3.73. The molecule has 0 aliphatic heterocycles. The fourth-order valence-corrected chi connectivity index (χ4v) is 3.47. The van der Waals surface area contributed by atoms with Gasteiger partial charge in [-0.15, -0.1) is 0 Å². The summed E-state index contributed by atoms with van der Waals surface area (Å²) in [5.74, 6) is -0.236. The summed E-state index contributed by atoms with van der Waals surface area (Å²) in [4.78, 5) is 12.7. The molecule has 0 spiro atoms. The van der Waals surface area contributed by atoms with Gasteiger partial charge < -0.3 is 5.32 Å². The minimum absolute atomic E-state index is 0.173. The minimum atomic E-state index is -3.27. The molecule has 0 aromatic heterocycles. The lowest BCUT2D eigenvalue weighted by atomic mass is 9.99. The first kappa shape index (κ1) is 17.2. The molecule has 4 nitrogen and oxygen atoms in total. The van der Waals surface area contributed by atoms with Crippen LogP contribution in [0, 0.1) is 0 Å². The van der Waals surface area contributed by atoms with Crippen LogP contribution in [0.15, 0.2) is 71.6 Å². The molecule has 0 fully saturated rings. The molecular weight excluding hydrogens is 334 g/mol. The van der Waals surface area contributed by atoms with Crippen molar-refractivity contribution in [1.82, 2.24) is 5.32 Å². The summed E-state index contributed by atoms with van der Waals surface area (Å²) < 4.78 is 23.0. The zero-order valence-electron chi connectivity index (χ0n) is 14.1. The summed E-state index contributed by atoms with van der Waals surface area (Å²) in [5.41, 5.74) is 1.47. The van der Waals surface area contributed by atoms with E-state index in [9.17, 15) is 13.2 Å². The van der Waals surface area contributed by atoms with Crippen molar-refractivity contribution in [1.29, 1.82) is 0 Å². The monoisotopic (exact) mass is 353 g/mol. The standard InChI is InChI=1S/C20H19NO3S/c1-14(18-9-5-7-15-6-3-4-8-19(15)18)21-20(22)16-10-12-17(13-11-16)25(2,23)24/h3-14H,1-2H3,(H,21,22)/t14-/m1/s1. The molecule has 1 atom stereocenters. The van der Waals surface area contributed by atoms with Crippen molar-refractivity contribution in [2.45, 2.75) is 17.9 Å². The highest BCUT2D eigenvalue weighted by Crippen LogP contribution is 2.24. The van der Waals surface area contributed by atoms with Crippen LogP contribution in [-0.4, -0.2) is 20.6 Å². The van der Waals surface area contributed by atoms with Crippen LogP contribution >= 0.6 is 0 Å². The number of carbonyl (C=O) groups excluding carboxylic acids is 1. The second-order valence-electron chi connectivity index (χ2n) is 6.06. The van der Waals surface area contributed by atoms with Gasteiger partial charge in [0.05, 0.1) is 10.9 Å². The Morgan fingerprint density at radius 3 is 2.24 bits per heavy atom. The number of rotatable bonds is 4. The molecule has 0 heterocycles. The summed E-state index contributed by atoms with van der Waals surface area (Å²) in [6.45, 7) is 1.94. The van der Waals surface area contributed by atoms with E-state index in [4.69, 9.17) is 0 Å². The summed E-state index contributed by atoms with van der Waals surface area (Å²) in [6.07, 6.45) is 1.14. The van der Waals surface area contributed by atoms with Gasteiger partial charge in [-0.25, -0.2) is 8.42 Å². The highest BCUT2D eigenvalue weighted by Gasteiger charge is 2.14. The lowest BCUT2D eigenvalue weighted by Gasteiger charge is -2.17. The minimum Gasteiger partial charge on any atom is -0.345 e. The first-order chi connectivity index (χ1) is 11.9. The highest BCUT2D eigenvalue weighted by molar-refractivity contribution is 7.90. The lowest BCUT2D eigenvalue weighted by molar-refractivity contribution is 0.0940. The molecule has 1 N–H and O–H groups in total. The van der Waals surface area contributed by atoms with Crippen molar-refractivity contribution >= 4 is 26.5 Å². The van der Waals surface area contributed by atoms with Crippen molar-refractivity contribution < 1.29 is 13.2 Å². The van der Waals surface area contributed by atoms with Gasteiger partial charge in [0.1, 0.15) is 0 Å². The fraction of sp³-hybridized carbons (Fsp3) is 0.150. The van der Waals surface area contributed by atoms with E-state index in [1.807, 2.05) is 49.4 Å². The van der Waals surface area contributed by atoms with E-state index in [2.05, 4.69) is 5.32 Å². The molecule has 0 saturated carbocycles. The molecule has 0 saturated heterocycles. The number of hydrogen-bond donors (Lipinski definition) is 1. The SMILES string of the molecule is C[C@@H](NC(=O)c1ccc(S(C)(=O)=O)cc1)c1cccc2ccccc12. The van der Waals surface area contributed by atoms with E-state index in [0.29, 0.717) is 5.56 Å². The molecular formula is C20H19NO3S. The molecule has 0 unspecified atom stereocenters. The molecule has 0 radical (unpaired) electrons. The van der Waals surface area contributed by atoms with Crippen LogP contribution in [0.3, 0.4) is 0 Å². The van der Waals surface area contributed by atoms with Gasteiger partial charge in [-0.1, -0.05) is 42.5 Å². The van der Waals surface area contributed by atoms with Gasteiger partial charge in [0.2, 0.25) is 0 Å². The number of benzene rings is 3. The van der Waals surface area contributed by atoms with E-state index < -0.39 is 9.84 Å². The number of sulfone groups is 1. The second kappa shape index (κ2) is 6.69. The van der Waals surface area contributed by atoms with Crippen LogP contribution in [0.5, 0.6) is 0 Å². The molecule has 0 bridgehead atoms. The Labute approximate surface area is 147 Å². The van der Waals surface area contributed by atoms with Crippen molar-refractivity contribution in [2.75, 3.05) is 6.26 Å². The van der Waals surface area contributed by atoms with E-state index in [0.717, 1.165) is 22.6 Å². The Kier molecular flexibility index (Phi) is 4.59. The Balaban J connectivity index is 1.82. The van der Waals surface area contributed by atoms with Crippen LogP contribution < -0.4 is 5.32 Å². The highest BCUT2D eigenvalue weighted by atomic mass is 32.2. The zero-order valence-corrected chi connectivity index (χ0v) is 14.9. The molecule has 3 rings (SSSR count). The Hall–Kier alpha value is -2.66. The molecule has 0 aliphatic carbocycles. The van der Waals surface area contributed by atoms with Gasteiger partial charge in [-0.3, -0.25) is 4.79 Å². The largest absolute Gasteiger partial charge is 0.345 e. The van der Waals surface area contributed by atoms with Gasteiger partial charge >= 0.3 is 0 Å². The molecule has 128 valence electrons. The molecule has 5 heteroatoms. The lowest BCUT2D eigenvalue weighted by Crippen LogP contribution is -2.26. The van der Waals surface area contributed by atoms with E-state index in [-0.39, 0.29) is 16.8 Å². The molecule has 25 heavy (non-hydrogen) atoms. The third kappa shape index (κ3) is 3.72. The first-order valence-corrected chi connectivity index (χ1v) is 9.84. The summed E-state index contributed by atoms with van der Waals surface area (Å²) >= 11 is 0. The first-order valence-electron chi connectivity index (χ1n) is 7.95. The van der Waals surface area contributed by atoms with Crippen molar-refractivity contribution in [2.24, 2.45) is 0 Å². The zero-order chi connectivity index (χ0) is 18.0. The van der Waals surface area contributed by atoms with Gasteiger partial charge in [0, 0.05) is 11.8 Å². The smallest absolute Gasteiger partial charge is 0.251 e. The predicted molar refractivity (Wildman–Crippen MR) is 99.4 cm³/mol. The number of fused-ring (bicyclic) bond motifs is 1. The maximum atomic E-state index is 12.5. The third-order valence-corrected chi connectivity index (χ3v) is 5.31. The summed E-state index contributed by atoms with van der Waals surface area (Å²) in [7, 11) is -3.27. The Morgan fingerprint density at radius 2 is 1.56 bits per heavy atom. The van der Waals surface area contributed by atoms with Crippen molar-refractivity contribution in [3.8, 4) is 0 Å². The number of amides is 1. The van der Waals surface area contributed by atoms with Crippen LogP contribution in [0.25, 0.3) is 10.8 Å². The van der Waals surface area contributed by atoms with Gasteiger partial charge in [-0.2, -0.15) is 0 Å². The van der Waals surface area contributed by atoms with E-state index in [1.165, 1.54) is 24.3 Å². The quantitative estimate of drug-likeness (QED) is 0.777. The van der Waals surface area contributed by atoms with Crippen LogP contribution in [0.2, 0.25) is 0 Å². The van der Waals surface area contributed by atoms with Crippen LogP contribution in [-0.2, 0) is 9.84 Å². The van der Waals surface area contributed by atoms with E-state index >= 15 is 0 Å².